The van der Waals surface area contributed by atoms with Crippen LogP contribution in [0.5, 0.6) is 0 Å². The second-order valence-corrected chi connectivity index (χ2v) is 6.41. The number of likely N-dealkylation sites (tertiary alicyclic amines) is 1. The first-order valence-corrected chi connectivity index (χ1v) is 8.22. The van der Waals surface area contributed by atoms with E-state index in [0.717, 1.165) is 25.9 Å². The van der Waals surface area contributed by atoms with Crippen LogP contribution in [0.4, 0.5) is 0 Å². The van der Waals surface area contributed by atoms with E-state index in [-0.39, 0.29) is 11.8 Å². The van der Waals surface area contributed by atoms with Crippen LogP contribution in [0.25, 0.3) is 0 Å². The second kappa shape index (κ2) is 7.97. The number of nitrogens with one attached hydrogen (secondary N) is 1. The second-order valence-electron chi connectivity index (χ2n) is 6.41. The average Bonchev–Trinajstić information content (AvgIpc) is 2.54. The largest absolute Gasteiger partial charge is 0.341 e. The Labute approximate surface area is 132 Å². The lowest BCUT2D eigenvalue weighted by Gasteiger charge is -2.31. The van der Waals surface area contributed by atoms with Crippen LogP contribution in [0.3, 0.4) is 0 Å². The molecule has 2 amide bonds. The molecule has 0 bridgehead atoms. The number of carbonyl (C=O) groups is 2. The summed E-state index contributed by atoms with van der Waals surface area (Å²) in [5, 5.41) is 2.93. The first kappa shape index (κ1) is 16.5. The van der Waals surface area contributed by atoms with Gasteiger partial charge in [0, 0.05) is 18.7 Å². The molecule has 0 spiro atoms. The maximum atomic E-state index is 12.7. The van der Waals surface area contributed by atoms with Crippen molar-refractivity contribution in [1.82, 2.24) is 10.2 Å². The number of piperidine rings is 1. The van der Waals surface area contributed by atoms with Gasteiger partial charge in [-0.15, -0.1) is 0 Å². The molecule has 1 N–H and O–H groups in total. The van der Waals surface area contributed by atoms with Crippen molar-refractivity contribution in [3.8, 4) is 0 Å². The molecule has 0 radical (unpaired) electrons. The van der Waals surface area contributed by atoms with Crippen LogP contribution in [-0.4, -0.2) is 35.8 Å². The van der Waals surface area contributed by atoms with Gasteiger partial charge in [-0.1, -0.05) is 32.0 Å². The molecular formula is C18H26N2O2. The molecule has 4 heteroatoms. The van der Waals surface area contributed by atoms with Gasteiger partial charge >= 0.3 is 0 Å². The van der Waals surface area contributed by atoms with Gasteiger partial charge in [0.15, 0.2) is 0 Å². The van der Waals surface area contributed by atoms with Crippen molar-refractivity contribution in [1.29, 1.82) is 0 Å². The zero-order valence-corrected chi connectivity index (χ0v) is 13.5. The van der Waals surface area contributed by atoms with Gasteiger partial charge in [0.05, 0.1) is 0 Å². The molecule has 22 heavy (non-hydrogen) atoms. The Morgan fingerprint density at radius 2 is 1.73 bits per heavy atom. The number of carbonyl (C=O) groups excluding carboxylic acids is 2. The van der Waals surface area contributed by atoms with Gasteiger partial charge in [-0.2, -0.15) is 0 Å². The van der Waals surface area contributed by atoms with E-state index < -0.39 is 6.04 Å². The predicted molar refractivity (Wildman–Crippen MR) is 87.6 cm³/mol. The number of nitrogens with zero attached hydrogens (tertiary/aromatic N) is 1. The quantitative estimate of drug-likeness (QED) is 0.909. The van der Waals surface area contributed by atoms with Crippen LogP contribution in [0.1, 0.15) is 49.9 Å². The van der Waals surface area contributed by atoms with Gasteiger partial charge in [-0.05, 0) is 43.7 Å². The third-order valence-corrected chi connectivity index (χ3v) is 4.01. The Balaban J connectivity index is 2.05. The fourth-order valence-electron chi connectivity index (χ4n) is 2.86. The maximum absolute atomic E-state index is 12.7. The summed E-state index contributed by atoms with van der Waals surface area (Å²) in [6.07, 6.45) is 3.99. The van der Waals surface area contributed by atoms with Crippen molar-refractivity contribution in [2.45, 2.75) is 45.6 Å². The molecule has 1 aromatic carbocycles. The Bertz CT molecular complexity index is 493. The summed E-state index contributed by atoms with van der Waals surface area (Å²) in [6.45, 7) is 5.78. The maximum Gasteiger partial charge on any atom is 0.251 e. The molecule has 0 aromatic heterocycles. The molecule has 1 atom stereocenters. The van der Waals surface area contributed by atoms with E-state index in [4.69, 9.17) is 0 Å². The van der Waals surface area contributed by atoms with Gasteiger partial charge in [0.2, 0.25) is 5.91 Å². The molecule has 1 aliphatic heterocycles. The van der Waals surface area contributed by atoms with Crippen LogP contribution >= 0.6 is 0 Å². The van der Waals surface area contributed by atoms with Crippen molar-refractivity contribution in [3.05, 3.63) is 35.9 Å². The number of rotatable bonds is 5. The topological polar surface area (TPSA) is 49.4 Å². The first-order chi connectivity index (χ1) is 10.6. The fraction of sp³-hybridized carbons (Fsp3) is 0.556. The van der Waals surface area contributed by atoms with Gasteiger partial charge in [-0.25, -0.2) is 0 Å². The lowest BCUT2D eigenvalue weighted by Crippen LogP contribution is -2.50. The summed E-state index contributed by atoms with van der Waals surface area (Å²) < 4.78 is 0. The number of hydrogen-bond acceptors (Lipinski definition) is 2. The summed E-state index contributed by atoms with van der Waals surface area (Å²) >= 11 is 0. The molecule has 0 saturated carbocycles. The van der Waals surface area contributed by atoms with Crippen LogP contribution in [0, 0.1) is 5.92 Å². The van der Waals surface area contributed by atoms with Crippen molar-refractivity contribution in [3.63, 3.8) is 0 Å². The average molecular weight is 302 g/mol. The fourth-order valence-corrected chi connectivity index (χ4v) is 2.86. The van der Waals surface area contributed by atoms with Gasteiger partial charge in [0.25, 0.3) is 5.91 Å². The number of benzene rings is 1. The highest BCUT2D eigenvalue weighted by molar-refractivity contribution is 5.97. The van der Waals surface area contributed by atoms with Crippen molar-refractivity contribution in [2.75, 3.05) is 13.1 Å². The summed E-state index contributed by atoms with van der Waals surface area (Å²) in [7, 11) is 0. The van der Waals surface area contributed by atoms with Gasteiger partial charge in [-0.3, -0.25) is 9.59 Å². The highest BCUT2D eigenvalue weighted by Crippen LogP contribution is 2.14. The van der Waals surface area contributed by atoms with Crippen molar-refractivity contribution in [2.24, 2.45) is 5.92 Å². The minimum absolute atomic E-state index is 0.0673. The first-order valence-electron chi connectivity index (χ1n) is 8.22. The highest BCUT2D eigenvalue weighted by atomic mass is 16.2. The third kappa shape index (κ3) is 4.58. The SMILES string of the molecule is CC(C)C[C@@H](NC(=O)c1ccccc1)C(=O)N1CCCCC1. The molecular weight excluding hydrogens is 276 g/mol. The van der Waals surface area contributed by atoms with E-state index in [1.165, 1.54) is 6.42 Å². The standard InChI is InChI=1S/C18H26N2O2/c1-14(2)13-16(18(22)20-11-7-4-8-12-20)19-17(21)15-9-5-3-6-10-15/h3,5-6,9-10,14,16H,4,7-8,11-13H2,1-2H3,(H,19,21)/t16-/m1/s1. The molecule has 1 fully saturated rings. The molecule has 2 rings (SSSR count). The van der Waals surface area contributed by atoms with E-state index >= 15 is 0 Å². The molecule has 1 aliphatic rings. The smallest absolute Gasteiger partial charge is 0.251 e. The minimum Gasteiger partial charge on any atom is -0.341 e. The molecule has 1 aromatic rings. The molecule has 1 heterocycles. The summed E-state index contributed by atoms with van der Waals surface area (Å²) in [4.78, 5) is 27.0. The van der Waals surface area contributed by atoms with E-state index in [2.05, 4.69) is 19.2 Å². The Morgan fingerprint density at radius 3 is 2.32 bits per heavy atom. The molecule has 0 aliphatic carbocycles. The normalized spacial score (nSPS) is 16.4. The number of hydrogen-bond donors (Lipinski definition) is 1. The summed E-state index contributed by atoms with van der Waals surface area (Å²) in [5.41, 5.74) is 0.600. The van der Waals surface area contributed by atoms with Crippen LogP contribution in [0.15, 0.2) is 30.3 Å². The van der Waals surface area contributed by atoms with Gasteiger partial charge < -0.3 is 10.2 Å². The minimum atomic E-state index is -0.425. The lowest BCUT2D eigenvalue weighted by molar-refractivity contribution is -0.134. The summed E-state index contributed by atoms with van der Waals surface area (Å²) in [6, 6.07) is 8.66. The highest BCUT2D eigenvalue weighted by Gasteiger charge is 2.27. The van der Waals surface area contributed by atoms with E-state index in [1.807, 2.05) is 23.1 Å². The van der Waals surface area contributed by atoms with Crippen molar-refractivity contribution >= 4 is 11.8 Å². The Morgan fingerprint density at radius 1 is 1.09 bits per heavy atom. The van der Waals surface area contributed by atoms with Crippen molar-refractivity contribution < 1.29 is 9.59 Å². The lowest BCUT2D eigenvalue weighted by atomic mass is 10.0. The van der Waals surface area contributed by atoms with Crippen LogP contribution < -0.4 is 5.32 Å². The van der Waals surface area contributed by atoms with E-state index in [1.54, 1.807) is 12.1 Å². The van der Waals surface area contributed by atoms with Crippen LogP contribution in [-0.2, 0) is 4.79 Å². The zero-order valence-electron chi connectivity index (χ0n) is 13.5. The van der Waals surface area contributed by atoms with E-state index in [0.29, 0.717) is 17.9 Å². The van der Waals surface area contributed by atoms with Gasteiger partial charge in [0.1, 0.15) is 6.04 Å². The monoisotopic (exact) mass is 302 g/mol. The number of amides is 2. The zero-order chi connectivity index (χ0) is 15.9. The summed E-state index contributed by atoms with van der Waals surface area (Å²) in [5.74, 6) is 0.254. The molecule has 1 saturated heterocycles. The molecule has 120 valence electrons. The Kier molecular flexibility index (Phi) is 5.99. The van der Waals surface area contributed by atoms with Crippen LogP contribution in [0.2, 0.25) is 0 Å². The van der Waals surface area contributed by atoms with E-state index in [9.17, 15) is 9.59 Å². The Hall–Kier alpha value is -1.84. The predicted octanol–water partition coefficient (Wildman–Crippen LogP) is 2.84. The molecule has 4 nitrogen and oxygen atoms in total. The third-order valence-electron chi connectivity index (χ3n) is 4.01. The molecule has 0 unspecified atom stereocenters.